The first-order chi connectivity index (χ1) is 7.79. The fourth-order valence-electron chi connectivity index (χ4n) is 2.54. The Morgan fingerprint density at radius 1 is 1.31 bits per heavy atom. The summed E-state index contributed by atoms with van der Waals surface area (Å²) in [6, 6.07) is 0.554. The first kappa shape index (κ1) is 11.4. The summed E-state index contributed by atoms with van der Waals surface area (Å²) in [5, 5.41) is 14.8. The van der Waals surface area contributed by atoms with Gasteiger partial charge in [0.2, 0.25) is 5.95 Å². The molecule has 1 fully saturated rings. The lowest BCUT2D eigenvalue weighted by Gasteiger charge is -2.28. The highest BCUT2D eigenvalue weighted by Gasteiger charge is 2.21. The average molecular weight is 223 g/mol. The van der Waals surface area contributed by atoms with E-state index in [1.54, 1.807) is 4.68 Å². The molecule has 0 atom stereocenters. The van der Waals surface area contributed by atoms with Crippen LogP contribution in [-0.4, -0.2) is 26.2 Å². The maximum Gasteiger partial charge on any atom is 0.242 e. The number of nitrogens with zero attached hydrogens (tertiary/aromatic N) is 4. The van der Waals surface area contributed by atoms with E-state index >= 15 is 0 Å². The lowest BCUT2D eigenvalue weighted by molar-refractivity contribution is 0.318. The SMILES string of the molecule is CCCC1CCC(Nc2nnnn2C)CC1. The van der Waals surface area contributed by atoms with E-state index in [0.717, 1.165) is 11.9 Å². The number of anilines is 1. The van der Waals surface area contributed by atoms with Gasteiger partial charge in [-0.3, -0.25) is 0 Å². The molecule has 0 saturated heterocycles. The monoisotopic (exact) mass is 223 g/mol. The topological polar surface area (TPSA) is 55.6 Å². The van der Waals surface area contributed by atoms with Crippen LogP contribution in [0, 0.1) is 5.92 Å². The van der Waals surface area contributed by atoms with Crippen LogP contribution in [0.25, 0.3) is 0 Å². The molecule has 0 aromatic carbocycles. The number of nitrogens with one attached hydrogen (secondary N) is 1. The molecule has 0 amide bonds. The van der Waals surface area contributed by atoms with Gasteiger partial charge < -0.3 is 5.32 Å². The molecule has 1 aromatic heterocycles. The van der Waals surface area contributed by atoms with Gasteiger partial charge in [0.15, 0.2) is 0 Å². The van der Waals surface area contributed by atoms with Crippen LogP contribution in [0.15, 0.2) is 0 Å². The standard InChI is InChI=1S/C11H21N5/c1-3-4-9-5-7-10(8-6-9)12-11-13-14-15-16(11)2/h9-10H,3-8H2,1-2H3,(H,12,13,15). The van der Waals surface area contributed by atoms with Gasteiger partial charge in [-0.2, -0.15) is 0 Å². The second-order valence-electron chi connectivity index (χ2n) is 4.78. The number of aromatic nitrogens is 4. The first-order valence-corrected chi connectivity index (χ1v) is 6.28. The quantitative estimate of drug-likeness (QED) is 0.848. The van der Waals surface area contributed by atoms with Gasteiger partial charge in [0.25, 0.3) is 0 Å². The summed E-state index contributed by atoms with van der Waals surface area (Å²) in [5.41, 5.74) is 0. The highest BCUT2D eigenvalue weighted by molar-refractivity contribution is 5.23. The van der Waals surface area contributed by atoms with Crippen molar-refractivity contribution >= 4 is 5.95 Å². The molecule has 1 heterocycles. The Morgan fingerprint density at radius 2 is 2.06 bits per heavy atom. The minimum atomic E-state index is 0.554. The number of tetrazole rings is 1. The van der Waals surface area contributed by atoms with E-state index in [4.69, 9.17) is 0 Å². The third-order valence-corrected chi connectivity index (χ3v) is 3.50. The summed E-state index contributed by atoms with van der Waals surface area (Å²) in [6.45, 7) is 2.27. The number of hydrogen-bond donors (Lipinski definition) is 1. The Balaban J connectivity index is 1.79. The van der Waals surface area contributed by atoms with Gasteiger partial charge in [-0.05, 0) is 42.0 Å². The Labute approximate surface area is 96.6 Å². The Hall–Kier alpha value is -1.13. The molecule has 0 unspecified atom stereocenters. The highest BCUT2D eigenvalue weighted by Crippen LogP contribution is 2.28. The van der Waals surface area contributed by atoms with Gasteiger partial charge in [-0.15, -0.1) is 0 Å². The molecule has 5 heteroatoms. The maximum atomic E-state index is 3.96. The number of hydrogen-bond acceptors (Lipinski definition) is 4. The molecule has 0 aliphatic heterocycles. The molecule has 0 spiro atoms. The van der Waals surface area contributed by atoms with Gasteiger partial charge in [0.1, 0.15) is 0 Å². The van der Waals surface area contributed by atoms with Gasteiger partial charge >= 0.3 is 0 Å². The summed E-state index contributed by atoms with van der Waals surface area (Å²) in [7, 11) is 1.87. The van der Waals surface area contributed by atoms with Gasteiger partial charge in [-0.25, -0.2) is 4.68 Å². The van der Waals surface area contributed by atoms with Crippen molar-refractivity contribution < 1.29 is 0 Å². The lowest BCUT2D eigenvalue weighted by atomic mass is 9.83. The van der Waals surface area contributed by atoms with Gasteiger partial charge in [-0.1, -0.05) is 24.9 Å². The number of rotatable bonds is 4. The molecule has 0 bridgehead atoms. The zero-order valence-corrected chi connectivity index (χ0v) is 10.2. The average Bonchev–Trinajstić information content (AvgIpc) is 2.68. The van der Waals surface area contributed by atoms with Gasteiger partial charge in [0, 0.05) is 13.1 Å². The Kier molecular flexibility index (Phi) is 3.74. The second-order valence-corrected chi connectivity index (χ2v) is 4.78. The van der Waals surface area contributed by atoms with Crippen molar-refractivity contribution in [2.24, 2.45) is 13.0 Å². The molecule has 5 nitrogen and oxygen atoms in total. The van der Waals surface area contributed by atoms with Crippen LogP contribution in [0.4, 0.5) is 5.95 Å². The predicted molar refractivity (Wildman–Crippen MR) is 63.1 cm³/mol. The van der Waals surface area contributed by atoms with Crippen LogP contribution in [-0.2, 0) is 7.05 Å². The molecule has 2 rings (SSSR count). The molecule has 1 aliphatic carbocycles. The maximum absolute atomic E-state index is 3.96. The van der Waals surface area contributed by atoms with Crippen molar-refractivity contribution in [3.05, 3.63) is 0 Å². The summed E-state index contributed by atoms with van der Waals surface area (Å²) in [5.74, 6) is 1.74. The van der Waals surface area contributed by atoms with Crippen LogP contribution in [0.3, 0.4) is 0 Å². The Bertz CT molecular complexity index is 314. The molecule has 1 N–H and O–H groups in total. The van der Waals surface area contributed by atoms with Crippen molar-refractivity contribution in [3.63, 3.8) is 0 Å². The van der Waals surface area contributed by atoms with Crippen molar-refractivity contribution in [2.45, 2.75) is 51.5 Å². The Morgan fingerprint density at radius 3 is 2.62 bits per heavy atom. The molecular formula is C11H21N5. The van der Waals surface area contributed by atoms with E-state index in [9.17, 15) is 0 Å². The largest absolute Gasteiger partial charge is 0.350 e. The normalized spacial score (nSPS) is 25.6. The van der Waals surface area contributed by atoms with Crippen molar-refractivity contribution in [1.82, 2.24) is 20.2 Å². The minimum absolute atomic E-state index is 0.554. The molecule has 1 aromatic rings. The van der Waals surface area contributed by atoms with E-state index in [1.165, 1.54) is 38.5 Å². The molecule has 16 heavy (non-hydrogen) atoms. The fraction of sp³-hybridized carbons (Fsp3) is 0.909. The smallest absolute Gasteiger partial charge is 0.242 e. The van der Waals surface area contributed by atoms with Crippen molar-refractivity contribution in [3.8, 4) is 0 Å². The van der Waals surface area contributed by atoms with Crippen molar-refractivity contribution in [2.75, 3.05) is 5.32 Å². The first-order valence-electron chi connectivity index (χ1n) is 6.28. The molecule has 90 valence electrons. The summed E-state index contributed by atoms with van der Waals surface area (Å²) in [6.07, 6.45) is 7.89. The molecular weight excluding hydrogens is 202 g/mol. The minimum Gasteiger partial charge on any atom is -0.350 e. The number of aryl methyl sites for hydroxylation is 1. The van der Waals surface area contributed by atoms with Crippen molar-refractivity contribution in [1.29, 1.82) is 0 Å². The van der Waals surface area contributed by atoms with E-state index < -0.39 is 0 Å². The van der Waals surface area contributed by atoms with Crippen LogP contribution in [0.2, 0.25) is 0 Å². The van der Waals surface area contributed by atoms with E-state index in [0.29, 0.717) is 6.04 Å². The predicted octanol–water partition coefficient (Wildman–Crippen LogP) is 1.98. The lowest BCUT2D eigenvalue weighted by Crippen LogP contribution is -2.27. The van der Waals surface area contributed by atoms with Crippen LogP contribution >= 0.6 is 0 Å². The molecule has 1 aliphatic rings. The third-order valence-electron chi connectivity index (χ3n) is 3.50. The van der Waals surface area contributed by atoms with Gasteiger partial charge in [0.05, 0.1) is 0 Å². The summed E-state index contributed by atoms with van der Waals surface area (Å²) < 4.78 is 1.69. The van der Waals surface area contributed by atoms with E-state index in [2.05, 4.69) is 27.8 Å². The van der Waals surface area contributed by atoms with Crippen LogP contribution in [0.1, 0.15) is 45.4 Å². The third kappa shape index (κ3) is 2.71. The van der Waals surface area contributed by atoms with E-state index in [-0.39, 0.29) is 0 Å². The zero-order chi connectivity index (χ0) is 11.4. The highest BCUT2D eigenvalue weighted by atomic mass is 15.6. The fourth-order valence-corrected chi connectivity index (χ4v) is 2.54. The molecule has 1 saturated carbocycles. The van der Waals surface area contributed by atoms with Crippen LogP contribution < -0.4 is 5.32 Å². The summed E-state index contributed by atoms with van der Waals surface area (Å²) >= 11 is 0. The van der Waals surface area contributed by atoms with Crippen LogP contribution in [0.5, 0.6) is 0 Å². The van der Waals surface area contributed by atoms with E-state index in [1.807, 2.05) is 7.05 Å². The molecule has 0 radical (unpaired) electrons. The summed E-state index contributed by atoms with van der Waals surface area (Å²) in [4.78, 5) is 0. The zero-order valence-electron chi connectivity index (χ0n) is 10.2. The second kappa shape index (κ2) is 5.27.